The minimum atomic E-state index is -0.141. The number of nitrogens with zero attached hydrogens (tertiary/aromatic N) is 1. The zero-order chi connectivity index (χ0) is 11.2. The minimum absolute atomic E-state index is 0.0931. The van der Waals surface area contributed by atoms with E-state index >= 15 is 0 Å². The Kier molecular flexibility index (Phi) is 3.88. The highest BCUT2D eigenvalue weighted by Crippen LogP contribution is 2.09. The molecule has 0 aliphatic carbocycles. The first-order valence-corrected chi connectivity index (χ1v) is 5.64. The van der Waals surface area contributed by atoms with Crippen LogP contribution in [-0.2, 0) is 16.0 Å². The van der Waals surface area contributed by atoms with Crippen LogP contribution in [0, 0.1) is 0 Å². The van der Waals surface area contributed by atoms with Crippen LogP contribution in [0.1, 0.15) is 18.4 Å². The number of hydrogen-bond acceptors (Lipinski definition) is 4. The molecule has 0 aromatic carbocycles. The number of aromatic nitrogens is 1. The molecule has 0 atom stereocenters. The molecule has 1 aliphatic heterocycles. The molecule has 16 heavy (non-hydrogen) atoms. The molecule has 1 aromatic heterocycles. The smallest absolute Gasteiger partial charge is 0.310 e. The molecule has 1 aromatic rings. The van der Waals surface area contributed by atoms with Gasteiger partial charge < -0.3 is 10.1 Å². The van der Waals surface area contributed by atoms with Crippen molar-refractivity contribution in [2.24, 2.45) is 0 Å². The Morgan fingerprint density at radius 1 is 1.38 bits per heavy atom. The number of hydrogen-bond donors (Lipinski definition) is 1. The first-order chi connectivity index (χ1) is 7.84. The standard InChI is InChI=1S/C12H16N2O2/c15-12(9-10-1-5-13-6-2-10)16-11-3-7-14-8-4-11/h1-2,5-6,11,14H,3-4,7-9H2. The Balaban J connectivity index is 1.80. The van der Waals surface area contributed by atoms with Gasteiger partial charge in [-0.15, -0.1) is 0 Å². The zero-order valence-corrected chi connectivity index (χ0v) is 9.19. The van der Waals surface area contributed by atoms with Gasteiger partial charge in [0.25, 0.3) is 0 Å². The Morgan fingerprint density at radius 3 is 2.75 bits per heavy atom. The van der Waals surface area contributed by atoms with Gasteiger partial charge in [-0.05, 0) is 43.6 Å². The quantitative estimate of drug-likeness (QED) is 0.770. The molecule has 4 heteroatoms. The van der Waals surface area contributed by atoms with E-state index in [0.29, 0.717) is 6.42 Å². The molecule has 1 saturated heterocycles. The minimum Gasteiger partial charge on any atom is -0.462 e. The van der Waals surface area contributed by atoms with E-state index in [-0.39, 0.29) is 12.1 Å². The van der Waals surface area contributed by atoms with E-state index in [2.05, 4.69) is 10.3 Å². The van der Waals surface area contributed by atoms with Crippen molar-refractivity contribution in [3.8, 4) is 0 Å². The van der Waals surface area contributed by atoms with Crippen molar-refractivity contribution in [2.45, 2.75) is 25.4 Å². The molecular formula is C12H16N2O2. The third kappa shape index (κ3) is 3.31. The Labute approximate surface area is 95.0 Å². The molecule has 0 unspecified atom stereocenters. The van der Waals surface area contributed by atoms with E-state index in [0.717, 1.165) is 31.5 Å². The van der Waals surface area contributed by atoms with Gasteiger partial charge in [0.1, 0.15) is 6.10 Å². The lowest BCUT2D eigenvalue weighted by Crippen LogP contribution is -2.34. The monoisotopic (exact) mass is 220 g/mol. The lowest BCUT2D eigenvalue weighted by Gasteiger charge is -2.22. The maximum atomic E-state index is 11.6. The average molecular weight is 220 g/mol. The summed E-state index contributed by atoms with van der Waals surface area (Å²) in [5.41, 5.74) is 0.953. The molecule has 86 valence electrons. The van der Waals surface area contributed by atoms with Crippen molar-refractivity contribution in [3.05, 3.63) is 30.1 Å². The first kappa shape index (κ1) is 11.1. The molecule has 0 amide bonds. The normalized spacial score (nSPS) is 17.0. The molecule has 0 radical (unpaired) electrons. The number of ether oxygens (including phenoxy) is 1. The molecule has 4 nitrogen and oxygen atoms in total. The van der Waals surface area contributed by atoms with Crippen LogP contribution in [-0.4, -0.2) is 30.1 Å². The molecule has 0 bridgehead atoms. The van der Waals surface area contributed by atoms with Crippen LogP contribution >= 0.6 is 0 Å². The lowest BCUT2D eigenvalue weighted by molar-refractivity contribution is -0.149. The summed E-state index contributed by atoms with van der Waals surface area (Å²) in [6, 6.07) is 3.67. The second-order valence-electron chi connectivity index (χ2n) is 3.97. The summed E-state index contributed by atoms with van der Waals surface area (Å²) in [7, 11) is 0. The molecule has 0 saturated carbocycles. The summed E-state index contributed by atoms with van der Waals surface area (Å²) in [6.45, 7) is 1.88. The van der Waals surface area contributed by atoms with Crippen molar-refractivity contribution in [3.63, 3.8) is 0 Å². The Hall–Kier alpha value is -1.42. The van der Waals surface area contributed by atoms with E-state index in [1.165, 1.54) is 0 Å². The van der Waals surface area contributed by atoms with E-state index in [4.69, 9.17) is 4.74 Å². The highest BCUT2D eigenvalue weighted by molar-refractivity contribution is 5.72. The Morgan fingerprint density at radius 2 is 2.06 bits per heavy atom. The van der Waals surface area contributed by atoms with Crippen LogP contribution in [0.25, 0.3) is 0 Å². The summed E-state index contributed by atoms with van der Waals surface area (Å²) >= 11 is 0. The van der Waals surface area contributed by atoms with E-state index in [1.807, 2.05) is 12.1 Å². The van der Waals surface area contributed by atoms with Crippen LogP contribution in [0.4, 0.5) is 0 Å². The number of esters is 1. The maximum Gasteiger partial charge on any atom is 0.310 e. The van der Waals surface area contributed by atoms with Crippen LogP contribution in [0.3, 0.4) is 0 Å². The van der Waals surface area contributed by atoms with Crippen molar-refractivity contribution < 1.29 is 9.53 Å². The molecular weight excluding hydrogens is 204 g/mol. The summed E-state index contributed by atoms with van der Waals surface area (Å²) in [5, 5.41) is 3.24. The number of rotatable bonds is 3. The number of piperidine rings is 1. The van der Waals surface area contributed by atoms with Crippen molar-refractivity contribution in [1.29, 1.82) is 0 Å². The van der Waals surface area contributed by atoms with Gasteiger partial charge in [-0.3, -0.25) is 9.78 Å². The number of carbonyl (C=O) groups excluding carboxylic acids is 1. The molecule has 1 N–H and O–H groups in total. The van der Waals surface area contributed by atoms with Gasteiger partial charge in [0.05, 0.1) is 6.42 Å². The molecule has 1 aliphatic rings. The van der Waals surface area contributed by atoms with Crippen LogP contribution in [0.2, 0.25) is 0 Å². The fourth-order valence-corrected chi connectivity index (χ4v) is 1.81. The fourth-order valence-electron chi connectivity index (χ4n) is 1.81. The highest BCUT2D eigenvalue weighted by Gasteiger charge is 2.17. The second-order valence-corrected chi connectivity index (χ2v) is 3.97. The van der Waals surface area contributed by atoms with Gasteiger partial charge >= 0.3 is 5.97 Å². The first-order valence-electron chi connectivity index (χ1n) is 5.64. The van der Waals surface area contributed by atoms with Crippen LogP contribution < -0.4 is 5.32 Å². The number of carbonyl (C=O) groups is 1. The molecule has 1 fully saturated rings. The highest BCUT2D eigenvalue weighted by atomic mass is 16.5. The number of nitrogens with one attached hydrogen (secondary N) is 1. The summed E-state index contributed by atoms with van der Waals surface area (Å²) in [4.78, 5) is 15.5. The third-order valence-electron chi connectivity index (χ3n) is 2.68. The SMILES string of the molecule is O=C(Cc1ccncc1)OC1CCNCC1. The van der Waals surface area contributed by atoms with Crippen molar-refractivity contribution >= 4 is 5.97 Å². The summed E-state index contributed by atoms with van der Waals surface area (Å²) < 4.78 is 5.40. The Bertz CT molecular complexity index is 334. The van der Waals surface area contributed by atoms with Gasteiger partial charge in [-0.2, -0.15) is 0 Å². The fraction of sp³-hybridized carbons (Fsp3) is 0.500. The van der Waals surface area contributed by atoms with Crippen LogP contribution in [0.15, 0.2) is 24.5 Å². The van der Waals surface area contributed by atoms with Gasteiger partial charge in [-0.25, -0.2) is 0 Å². The van der Waals surface area contributed by atoms with E-state index in [9.17, 15) is 4.79 Å². The molecule has 0 spiro atoms. The van der Waals surface area contributed by atoms with E-state index < -0.39 is 0 Å². The third-order valence-corrected chi connectivity index (χ3v) is 2.68. The average Bonchev–Trinajstić information content (AvgIpc) is 2.31. The van der Waals surface area contributed by atoms with Crippen molar-refractivity contribution in [1.82, 2.24) is 10.3 Å². The molecule has 2 heterocycles. The van der Waals surface area contributed by atoms with Crippen LogP contribution in [0.5, 0.6) is 0 Å². The predicted octanol–water partition coefficient (Wildman–Crippen LogP) is 0.919. The number of pyridine rings is 1. The topological polar surface area (TPSA) is 51.2 Å². The zero-order valence-electron chi connectivity index (χ0n) is 9.19. The van der Waals surface area contributed by atoms with Crippen molar-refractivity contribution in [2.75, 3.05) is 13.1 Å². The van der Waals surface area contributed by atoms with Gasteiger partial charge in [0.15, 0.2) is 0 Å². The second kappa shape index (κ2) is 5.61. The molecule has 2 rings (SSSR count). The summed E-state index contributed by atoms with van der Waals surface area (Å²) in [5.74, 6) is -0.141. The van der Waals surface area contributed by atoms with Gasteiger partial charge in [0, 0.05) is 12.4 Å². The van der Waals surface area contributed by atoms with E-state index in [1.54, 1.807) is 12.4 Å². The van der Waals surface area contributed by atoms with Gasteiger partial charge in [-0.1, -0.05) is 0 Å². The maximum absolute atomic E-state index is 11.6. The summed E-state index contributed by atoms with van der Waals surface area (Å²) in [6.07, 6.45) is 5.65. The largest absolute Gasteiger partial charge is 0.462 e. The van der Waals surface area contributed by atoms with Gasteiger partial charge in [0.2, 0.25) is 0 Å². The predicted molar refractivity (Wildman–Crippen MR) is 59.9 cm³/mol. The lowest BCUT2D eigenvalue weighted by atomic mass is 10.1.